The topological polar surface area (TPSA) is 61.4 Å². The first-order valence-electron chi connectivity index (χ1n) is 5.00. The molecule has 0 aromatic rings. The summed E-state index contributed by atoms with van der Waals surface area (Å²) in [5.41, 5.74) is 0. The molecule has 1 aliphatic heterocycles. The molecule has 0 radical (unpaired) electrons. The van der Waals surface area contributed by atoms with Crippen LogP contribution in [0.15, 0.2) is 0 Å². The van der Waals surface area contributed by atoms with Crippen LogP contribution in [0.1, 0.15) is 13.3 Å². The summed E-state index contributed by atoms with van der Waals surface area (Å²) in [7, 11) is 0. The lowest BCUT2D eigenvalue weighted by molar-refractivity contribution is -0.123. The molecule has 1 fully saturated rings. The quantitative estimate of drug-likeness (QED) is 0.600. The number of hydrogen-bond donors (Lipinski definition) is 3. The van der Waals surface area contributed by atoms with E-state index in [2.05, 4.69) is 10.6 Å². The van der Waals surface area contributed by atoms with E-state index in [0.29, 0.717) is 0 Å². The van der Waals surface area contributed by atoms with Crippen LogP contribution in [0, 0.1) is 0 Å². The van der Waals surface area contributed by atoms with E-state index in [1.807, 2.05) is 6.92 Å². The Hall–Kier alpha value is -0.260. The number of aliphatic hydroxyl groups excluding tert-OH is 1. The van der Waals surface area contributed by atoms with Crippen LogP contribution in [0.25, 0.3) is 0 Å². The number of nitrogens with one attached hydrogen (secondary N) is 2. The molecule has 14 heavy (non-hydrogen) atoms. The molecule has 2 atom stereocenters. The van der Waals surface area contributed by atoms with Gasteiger partial charge in [-0.2, -0.15) is 11.8 Å². The van der Waals surface area contributed by atoms with Crippen LogP contribution in [0.2, 0.25) is 0 Å². The van der Waals surface area contributed by atoms with Gasteiger partial charge in [-0.05, 0) is 6.42 Å². The number of amides is 1. The predicted octanol–water partition coefficient (Wildman–Crippen LogP) is -0.421. The minimum absolute atomic E-state index is 0.0121. The van der Waals surface area contributed by atoms with Gasteiger partial charge < -0.3 is 15.7 Å². The maximum Gasteiger partial charge on any atom is 0.238 e. The summed E-state index contributed by atoms with van der Waals surface area (Å²) in [4.78, 5) is 11.6. The van der Waals surface area contributed by atoms with Crippen LogP contribution in [0.3, 0.4) is 0 Å². The van der Waals surface area contributed by atoms with Crippen molar-refractivity contribution >= 4 is 17.7 Å². The molecule has 0 spiro atoms. The van der Waals surface area contributed by atoms with Gasteiger partial charge in [-0.3, -0.25) is 4.79 Å². The molecular formula is C9H18N2O2S. The molecular weight excluding hydrogens is 200 g/mol. The first-order chi connectivity index (χ1) is 6.77. The Morgan fingerprint density at radius 1 is 1.79 bits per heavy atom. The maximum atomic E-state index is 11.6. The fraction of sp³-hybridized carbons (Fsp3) is 0.889. The highest BCUT2D eigenvalue weighted by Gasteiger charge is 2.22. The lowest BCUT2D eigenvalue weighted by atomic mass is 10.2. The van der Waals surface area contributed by atoms with Gasteiger partial charge in [-0.25, -0.2) is 0 Å². The molecule has 1 heterocycles. The van der Waals surface area contributed by atoms with Crippen molar-refractivity contribution in [1.82, 2.24) is 10.6 Å². The van der Waals surface area contributed by atoms with E-state index in [-0.39, 0.29) is 24.6 Å². The first kappa shape index (κ1) is 11.8. The van der Waals surface area contributed by atoms with Crippen LogP contribution in [0.5, 0.6) is 0 Å². The minimum Gasteiger partial charge on any atom is -0.394 e. The van der Waals surface area contributed by atoms with Gasteiger partial charge in [0.15, 0.2) is 0 Å². The van der Waals surface area contributed by atoms with Gasteiger partial charge in [0.25, 0.3) is 0 Å². The Balaban J connectivity index is 2.32. The second kappa shape index (κ2) is 6.27. The number of aliphatic hydroxyl groups is 1. The van der Waals surface area contributed by atoms with Crippen molar-refractivity contribution in [3.05, 3.63) is 0 Å². The third-order valence-electron chi connectivity index (χ3n) is 2.30. The average Bonchev–Trinajstić information content (AvgIpc) is 2.26. The number of carbonyl (C=O) groups is 1. The molecule has 0 aliphatic carbocycles. The van der Waals surface area contributed by atoms with Crippen LogP contribution < -0.4 is 10.6 Å². The summed E-state index contributed by atoms with van der Waals surface area (Å²) in [6.07, 6.45) is 0.766. The summed E-state index contributed by atoms with van der Waals surface area (Å²) in [6, 6.07) is -0.189. The lowest BCUT2D eigenvalue weighted by Crippen LogP contribution is -2.52. The first-order valence-corrected chi connectivity index (χ1v) is 6.15. The Morgan fingerprint density at radius 2 is 2.57 bits per heavy atom. The number of rotatable bonds is 4. The summed E-state index contributed by atoms with van der Waals surface area (Å²) >= 11 is 1.79. The molecule has 1 saturated heterocycles. The summed E-state index contributed by atoms with van der Waals surface area (Å²) < 4.78 is 0. The molecule has 1 rings (SSSR count). The Morgan fingerprint density at radius 3 is 3.07 bits per heavy atom. The number of carbonyl (C=O) groups excluding carboxylic acids is 1. The Labute approximate surface area is 88.8 Å². The monoisotopic (exact) mass is 218 g/mol. The van der Waals surface area contributed by atoms with E-state index in [1.165, 1.54) is 0 Å². The van der Waals surface area contributed by atoms with Crippen molar-refractivity contribution in [2.75, 3.05) is 24.7 Å². The number of thioether (sulfide) groups is 1. The largest absolute Gasteiger partial charge is 0.394 e. The van der Waals surface area contributed by atoms with E-state index >= 15 is 0 Å². The van der Waals surface area contributed by atoms with E-state index in [1.54, 1.807) is 11.8 Å². The summed E-state index contributed by atoms with van der Waals surface area (Å²) in [5, 5.41) is 14.9. The fourth-order valence-corrected chi connectivity index (χ4v) is 2.25. The Kier molecular flexibility index (Phi) is 5.29. The zero-order valence-corrected chi connectivity index (χ0v) is 9.27. The molecule has 0 bridgehead atoms. The van der Waals surface area contributed by atoms with Crippen LogP contribution >= 0.6 is 11.8 Å². The molecule has 82 valence electrons. The van der Waals surface area contributed by atoms with Gasteiger partial charge in [0.2, 0.25) is 5.91 Å². The normalized spacial score (nSPS) is 24.3. The van der Waals surface area contributed by atoms with Crippen LogP contribution in [0.4, 0.5) is 0 Å². The Bertz CT molecular complexity index is 180. The van der Waals surface area contributed by atoms with E-state index < -0.39 is 0 Å². The highest BCUT2D eigenvalue weighted by Crippen LogP contribution is 2.07. The molecule has 1 aliphatic rings. The minimum atomic E-state index is -0.101. The van der Waals surface area contributed by atoms with Gasteiger partial charge in [0.05, 0.1) is 18.7 Å². The average molecular weight is 218 g/mol. The van der Waals surface area contributed by atoms with Crippen LogP contribution in [-0.2, 0) is 4.79 Å². The summed E-state index contributed by atoms with van der Waals surface area (Å²) in [6.45, 7) is 2.85. The third kappa shape index (κ3) is 3.48. The third-order valence-corrected chi connectivity index (χ3v) is 3.36. The van der Waals surface area contributed by atoms with Crippen molar-refractivity contribution in [2.45, 2.75) is 25.4 Å². The van der Waals surface area contributed by atoms with Gasteiger partial charge >= 0.3 is 0 Å². The van der Waals surface area contributed by atoms with Crippen LogP contribution in [-0.4, -0.2) is 47.8 Å². The van der Waals surface area contributed by atoms with Crippen molar-refractivity contribution in [3.63, 3.8) is 0 Å². The molecule has 0 aromatic carbocycles. The number of hydrogen-bond acceptors (Lipinski definition) is 4. The molecule has 0 aromatic heterocycles. The van der Waals surface area contributed by atoms with E-state index in [0.717, 1.165) is 24.5 Å². The van der Waals surface area contributed by atoms with Crippen molar-refractivity contribution < 1.29 is 9.90 Å². The molecule has 1 unspecified atom stereocenters. The zero-order valence-electron chi connectivity index (χ0n) is 8.45. The van der Waals surface area contributed by atoms with Gasteiger partial charge in [-0.1, -0.05) is 6.92 Å². The molecule has 3 N–H and O–H groups in total. The van der Waals surface area contributed by atoms with Gasteiger partial charge in [0.1, 0.15) is 0 Å². The standard InChI is InChI=1S/C9H18N2O2S/c1-2-7(5-12)11-9(13)8-6-14-4-3-10-8/h7-8,10,12H,2-6H2,1H3,(H,11,13)/t7-,8?/m1/s1. The highest BCUT2D eigenvalue weighted by molar-refractivity contribution is 7.99. The SMILES string of the molecule is CC[C@H](CO)NC(=O)C1CSCCN1. The van der Waals surface area contributed by atoms with E-state index in [9.17, 15) is 4.79 Å². The predicted molar refractivity (Wildman–Crippen MR) is 58.4 cm³/mol. The highest BCUT2D eigenvalue weighted by atomic mass is 32.2. The van der Waals surface area contributed by atoms with Gasteiger partial charge in [-0.15, -0.1) is 0 Å². The molecule has 0 saturated carbocycles. The second-order valence-corrected chi connectivity index (χ2v) is 4.53. The smallest absolute Gasteiger partial charge is 0.238 e. The molecule has 4 nitrogen and oxygen atoms in total. The van der Waals surface area contributed by atoms with Gasteiger partial charge in [0, 0.05) is 18.1 Å². The molecule has 5 heteroatoms. The second-order valence-electron chi connectivity index (χ2n) is 3.38. The molecule has 1 amide bonds. The van der Waals surface area contributed by atoms with Crippen molar-refractivity contribution in [2.24, 2.45) is 0 Å². The zero-order chi connectivity index (χ0) is 10.4. The maximum absolute atomic E-state index is 11.6. The van der Waals surface area contributed by atoms with Crippen molar-refractivity contribution in [1.29, 1.82) is 0 Å². The summed E-state index contributed by atoms with van der Waals surface area (Å²) in [5.74, 6) is 1.91. The lowest BCUT2D eigenvalue weighted by Gasteiger charge is -2.24. The fourth-order valence-electron chi connectivity index (χ4n) is 1.31. The van der Waals surface area contributed by atoms with E-state index in [4.69, 9.17) is 5.11 Å². The van der Waals surface area contributed by atoms with Crippen molar-refractivity contribution in [3.8, 4) is 0 Å².